The second kappa shape index (κ2) is 3.74. The highest BCUT2D eigenvalue weighted by molar-refractivity contribution is 6.08. The zero-order chi connectivity index (χ0) is 11.8. The maximum Gasteiger partial charge on any atom is 0.0630 e. The molecule has 2 nitrogen and oxygen atoms in total. The lowest BCUT2D eigenvalue weighted by molar-refractivity contribution is 0.827. The lowest BCUT2D eigenvalue weighted by Crippen LogP contribution is -1.92. The van der Waals surface area contributed by atoms with E-state index < -0.39 is 0 Å². The predicted molar refractivity (Wildman–Crippen MR) is 74.3 cm³/mol. The van der Waals surface area contributed by atoms with E-state index in [4.69, 9.17) is 0 Å². The van der Waals surface area contributed by atoms with Crippen LogP contribution < -0.4 is 0 Å². The number of aromatic nitrogens is 1. The summed E-state index contributed by atoms with van der Waals surface area (Å²) in [6, 6.07) is 14.7. The van der Waals surface area contributed by atoms with E-state index in [9.17, 15) is 0 Å². The van der Waals surface area contributed by atoms with E-state index in [0.717, 1.165) is 12.2 Å². The quantitative estimate of drug-likeness (QED) is 0.580. The molecule has 0 fully saturated rings. The first-order chi connectivity index (χ1) is 8.35. The van der Waals surface area contributed by atoms with Crippen LogP contribution in [0.1, 0.15) is 6.92 Å². The standard InChI is InChI=1S/C15H14N2/c1-3-17-14-7-5-4-6-12(14)13-10-11(16-2)8-9-15(13)17/h4-10H,2-3H2,1H3. The van der Waals surface area contributed by atoms with E-state index in [1.165, 1.54) is 21.8 Å². The summed E-state index contributed by atoms with van der Waals surface area (Å²) in [6.45, 7) is 6.74. The van der Waals surface area contributed by atoms with Crippen LogP contribution in [0.3, 0.4) is 0 Å². The number of hydrogen-bond acceptors (Lipinski definition) is 1. The Morgan fingerprint density at radius 3 is 2.59 bits per heavy atom. The molecule has 0 saturated carbocycles. The first kappa shape index (κ1) is 10.1. The maximum atomic E-state index is 4.00. The van der Waals surface area contributed by atoms with Crippen LogP contribution >= 0.6 is 0 Å². The van der Waals surface area contributed by atoms with Gasteiger partial charge in [0.2, 0.25) is 0 Å². The Bertz CT molecular complexity index is 707. The summed E-state index contributed by atoms with van der Waals surface area (Å²) in [6.07, 6.45) is 0. The summed E-state index contributed by atoms with van der Waals surface area (Å²) in [5, 5.41) is 2.54. The van der Waals surface area contributed by atoms with Gasteiger partial charge in [-0.25, -0.2) is 0 Å². The molecule has 0 bridgehead atoms. The number of para-hydroxylation sites is 1. The predicted octanol–water partition coefficient (Wildman–Crippen LogP) is 4.15. The third-order valence-corrected chi connectivity index (χ3v) is 3.25. The molecule has 3 rings (SSSR count). The summed E-state index contributed by atoms with van der Waals surface area (Å²) in [5.74, 6) is 0. The van der Waals surface area contributed by atoms with Gasteiger partial charge >= 0.3 is 0 Å². The van der Waals surface area contributed by atoms with E-state index >= 15 is 0 Å². The van der Waals surface area contributed by atoms with Gasteiger partial charge in [0, 0.05) is 28.4 Å². The molecule has 2 aromatic carbocycles. The highest BCUT2D eigenvalue weighted by Crippen LogP contribution is 2.31. The van der Waals surface area contributed by atoms with Crippen molar-refractivity contribution in [2.45, 2.75) is 13.5 Å². The second-order valence-corrected chi connectivity index (χ2v) is 4.12. The molecule has 0 saturated heterocycles. The molecule has 0 amide bonds. The smallest absolute Gasteiger partial charge is 0.0630 e. The monoisotopic (exact) mass is 222 g/mol. The summed E-state index contributed by atoms with van der Waals surface area (Å²) < 4.78 is 2.33. The Morgan fingerprint density at radius 2 is 1.82 bits per heavy atom. The summed E-state index contributed by atoms with van der Waals surface area (Å²) in [5.41, 5.74) is 3.48. The number of benzene rings is 2. The van der Waals surface area contributed by atoms with E-state index in [1.807, 2.05) is 6.07 Å². The van der Waals surface area contributed by atoms with Gasteiger partial charge in [-0.1, -0.05) is 18.2 Å². The molecule has 3 aromatic rings. The molecule has 2 heteroatoms. The topological polar surface area (TPSA) is 17.3 Å². The molecular formula is C15H14N2. The Kier molecular flexibility index (Phi) is 2.22. The van der Waals surface area contributed by atoms with Crippen LogP contribution in [0.2, 0.25) is 0 Å². The van der Waals surface area contributed by atoms with Gasteiger partial charge in [-0.3, -0.25) is 4.99 Å². The average Bonchev–Trinajstić information content (AvgIpc) is 2.71. The van der Waals surface area contributed by atoms with Crippen LogP contribution in [-0.2, 0) is 6.54 Å². The average molecular weight is 222 g/mol. The van der Waals surface area contributed by atoms with Crippen LogP contribution in [-0.4, -0.2) is 11.3 Å². The van der Waals surface area contributed by atoms with E-state index in [0.29, 0.717) is 0 Å². The fraction of sp³-hybridized carbons (Fsp3) is 0.133. The molecule has 84 valence electrons. The highest BCUT2D eigenvalue weighted by atomic mass is 15.0. The van der Waals surface area contributed by atoms with Gasteiger partial charge in [-0.15, -0.1) is 0 Å². The van der Waals surface area contributed by atoms with Crippen molar-refractivity contribution in [3.05, 3.63) is 42.5 Å². The lowest BCUT2D eigenvalue weighted by Gasteiger charge is -2.02. The molecule has 0 aliphatic carbocycles. The van der Waals surface area contributed by atoms with E-state index in [-0.39, 0.29) is 0 Å². The largest absolute Gasteiger partial charge is 0.341 e. The van der Waals surface area contributed by atoms with Crippen molar-refractivity contribution < 1.29 is 0 Å². The van der Waals surface area contributed by atoms with Gasteiger partial charge in [0.05, 0.1) is 5.69 Å². The van der Waals surface area contributed by atoms with E-state index in [1.54, 1.807) is 0 Å². The van der Waals surface area contributed by atoms with Crippen molar-refractivity contribution in [2.24, 2.45) is 4.99 Å². The lowest BCUT2D eigenvalue weighted by atomic mass is 10.1. The Labute approximate surface area is 100 Å². The molecule has 0 atom stereocenters. The maximum absolute atomic E-state index is 4.00. The number of aryl methyl sites for hydroxylation is 1. The number of rotatable bonds is 2. The van der Waals surface area contributed by atoms with Crippen LogP contribution in [0.5, 0.6) is 0 Å². The van der Waals surface area contributed by atoms with Crippen molar-refractivity contribution in [1.82, 2.24) is 4.57 Å². The normalized spacial score (nSPS) is 11.1. The van der Waals surface area contributed by atoms with Gasteiger partial charge < -0.3 is 4.57 Å². The van der Waals surface area contributed by atoms with Crippen LogP contribution in [0.15, 0.2) is 47.5 Å². The van der Waals surface area contributed by atoms with Crippen molar-refractivity contribution in [3.8, 4) is 0 Å². The molecule has 0 aliphatic heterocycles. The molecule has 0 N–H and O–H groups in total. The van der Waals surface area contributed by atoms with Gasteiger partial charge in [0.25, 0.3) is 0 Å². The minimum absolute atomic E-state index is 0.927. The highest BCUT2D eigenvalue weighted by Gasteiger charge is 2.08. The van der Waals surface area contributed by atoms with Crippen molar-refractivity contribution in [1.29, 1.82) is 0 Å². The number of aliphatic imine (C=N–C) groups is 1. The van der Waals surface area contributed by atoms with Gasteiger partial charge in [-0.05, 0) is 37.9 Å². The SMILES string of the molecule is C=Nc1ccc2c(c1)c1ccccc1n2CC. The van der Waals surface area contributed by atoms with Crippen molar-refractivity contribution in [3.63, 3.8) is 0 Å². The summed E-state index contributed by atoms with van der Waals surface area (Å²) in [4.78, 5) is 4.00. The molecule has 0 radical (unpaired) electrons. The first-order valence-electron chi connectivity index (χ1n) is 5.83. The number of nitrogens with zero attached hydrogens (tertiary/aromatic N) is 2. The fourth-order valence-electron chi connectivity index (χ4n) is 2.48. The molecular weight excluding hydrogens is 208 g/mol. The minimum Gasteiger partial charge on any atom is -0.341 e. The Morgan fingerprint density at radius 1 is 1.06 bits per heavy atom. The zero-order valence-electron chi connectivity index (χ0n) is 9.85. The molecule has 1 heterocycles. The molecule has 17 heavy (non-hydrogen) atoms. The van der Waals surface area contributed by atoms with Gasteiger partial charge in [0.1, 0.15) is 0 Å². The van der Waals surface area contributed by atoms with Crippen LogP contribution in [0.25, 0.3) is 21.8 Å². The number of hydrogen-bond donors (Lipinski definition) is 0. The summed E-state index contributed by atoms with van der Waals surface area (Å²) in [7, 11) is 0. The van der Waals surface area contributed by atoms with E-state index in [2.05, 4.69) is 59.6 Å². The van der Waals surface area contributed by atoms with Crippen molar-refractivity contribution >= 4 is 34.2 Å². The molecule has 1 aromatic heterocycles. The third kappa shape index (κ3) is 1.37. The Balaban J connectivity index is 2.53. The van der Waals surface area contributed by atoms with Crippen LogP contribution in [0.4, 0.5) is 5.69 Å². The number of fused-ring (bicyclic) bond motifs is 3. The first-order valence-corrected chi connectivity index (χ1v) is 5.83. The molecule has 0 aliphatic rings. The minimum atomic E-state index is 0.927. The van der Waals surface area contributed by atoms with Gasteiger partial charge in [-0.2, -0.15) is 0 Å². The zero-order valence-corrected chi connectivity index (χ0v) is 9.85. The molecule has 0 unspecified atom stereocenters. The fourth-order valence-corrected chi connectivity index (χ4v) is 2.48. The summed E-state index contributed by atoms with van der Waals surface area (Å²) >= 11 is 0. The van der Waals surface area contributed by atoms with Crippen molar-refractivity contribution in [2.75, 3.05) is 0 Å². The van der Waals surface area contributed by atoms with Crippen LogP contribution in [0, 0.1) is 0 Å². The second-order valence-electron chi connectivity index (χ2n) is 4.12. The Hall–Kier alpha value is -2.09. The third-order valence-electron chi connectivity index (χ3n) is 3.25. The molecule has 0 spiro atoms. The van der Waals surface area contributed by atoms with Gasteiger partial charge in [0.15, 0.2) is 0 Å².